The van der Waals surface area contributed by atoms with Crippen LogP contribution in [-0.2, 0) is 9.53 Å². The third kappa shape index (κ3) is 2.97. The monoisotopic (exact) mass is 225 g/mol. The lowest BCUT2D eigenvalue weighted by Crippen LogP contribution is -2.45. The molecule has 3 heteroatoms. The normalized spacial score (nSPS) is 28.4. The van der Waals surface area contributed by atoms with Crippen LogP contribution in [0.15, 0.2) is 0 Å². The van der Waals surface area contributed by atoms with Gasteiger partial charge in [0.25, 0.3) is 0 Å². The molecule has 2 aliphatic rings. The van der Waals surface area contributed by atoms with E-state index in [-0.39, 0.29) is 0 Å². The lowest BCUT2D eigenvalue weighted by atomic mass is 10.1. The van der Waals surface area contributed by atoms with Crippen molar-refractivity contribution in [3.63, 3.8) is 0 Å². The largest absolute Gasteiger partial charge is 0.371 e. The van der Waals surface area contributed by atoms with Gasteiger partial charge in [-0.3, -0.25) is 4.79 Å². The Labute approximate surface area is 98.1 Å². The summed E-state index contributed by atoms with van der Waals surface area (Å²) in [6.07, 6.45) is 8.42. The van der Waals surface area contributed by atoms with Gasteiger partial charge in [0.05, 0.1) is 12.2 Å². The summed E-state index contributed by atoms with van der Waals surface area (Å²) in [4.78, 5) is 14.0. The summed E-state index contributed by atoms with van der Waals surface area (Å²) in [7, 11) is 0. The van der Waals surface area contributed by atoms with E-state index < -0.39 is 0 Å². The van der Waals surface area contributed by atoms with E-state index in [9.17, 15) is 4.79 Å². The first-order valence-corrected chi connectivity index (χ1v) is 6.73. The molecule has 0 spiro atoms. The molecule has 92 valence electrons. The van der Waals surface area contributed by atoms with Crippen LogP contribution in [0.2, 0.25) is 0 Å². The van der Waals surface area contributed by atoms with Crippen molar-refractivity contribution in [1.82, 2.24) is 4.90 Å². The number of nitrogens with zero attached hydrogens (tertiary/aromatic N) is 1. The van der Waals surface area contributed by atoms with E-state index in [0.29, 0.717) is 18.1 Å². The predicted molar refractivity (Wildman–Crippen MR) is 63.2 cm³/mol. The number of amides is 1. The Morgan fingerprint density at radius 2 is 1.88 bits per heavy atom. The third-order valence-corrected chi connectivity index (χ3v) is 3.64. The molecule has 0 radical (unpaired) electrons. The standard InChI is InChI=1S/C13H23NO2/c1-2-3-4-5-6-13(15)14-9-11-7-8-12(10-14)16-11/h11-12H,2-10H2,1H3. The molecule has 3 nitrogen and oxygen atoms in total. The fraction of sp³-hybridized carbons (Fsp3) is 0.923. The minimum absolute atomic E-state index is 0.332. The van der Waals surface area contributed by atoms with E-state index in [2.05, 4.69) is 6.92 Å². The number of unbranched alkanes of at least 4 members (excludes halogenated alkanes) is 3. The molecule has 2 unspecified atom stereocenters. The van der Waals surface area contributed by atoms with Crippen molar-refractivity contribution in [2.45, 2.75) is 64.1 Å². The summed E-state index contributed by atoms with van der Waals surface area (Å²) in [5.41, 5.74) is 0. The highest BCUT2D eigenvalue weighted by Gasteiger charge is 2.35. The van der Waals surface area contributed by atoms with Crippen molar-refractivity contribution < 1.29 is 9.53 Å². The molecular weight excluding hydrogens is 202 g/mol. The molecule has 2 saturated heterocycles. The maximum Gasteiger partial charge on any atom is 0.222 e. The number of hydrogen-bond donors (Lipinski definition) is 0. The number of carbonyl (C=O) groups excluding carboxylic acids is 1. The van der Waals surface area contributed by atoms with Gasteiger partial charge in [0.15, 0.2) is 0 Å². The van der Waals surface area contributed by atoms with Gasteiger partial charge in [-0.15, -0.1) is 0 Å². The average molecular weight is 225 g/mol. The van der Waals surface area contributed by atoms with Gasteiger partial charge in [-0.1, -0.05) is 26.2 Å². The second-order valence-electron chi connectivity index (χ2n) is 5.07. The molecule has 0 N–H and O–H groups in total. The molecule has 2 heterocycles. The second kappa shape index (κ2) is 5.67. The van der Waals surface area contributed by atoms with Crippen LogP contribution in [0, 0.1) is 0 Å². The molecule has 0 aromatic carbocycles. The zero-order valence-electron chi connectivity index (χ0n) is 10.3. The van der Waals surface area contributed by atoms with E-state index in [4.69, 9.17) is 4.74 Å². The van der Waals surface area contributed by atoms with E-state index in [1.54, 1.807) is 0 Å². The molecule has 2 bridgehead atoms. The maximum atomic E-state index is 12.0. The minimum Gasteiger partial charge on any atom is -0.371 e. The molecular formula is C13H23NO2. The number of likely N-dealkylation sites (tertiary alicyclic amines) is 1. The van der Waals surface area contributed by atoms with Gasteiger partial charge in [-0.25, -0.2) is 0 Å². The highest BCUT2D eigenvalue weighted by molar-refractivity contribution is 5.76. The lowest BCUT2D eigenvalue weighted by Gasteiger charge is -2.32. The smallest absolute Gasteiger partial charge is 0.222 e. The molecule has 0 aromatic rings. The van der Waals surface area contributed by atoms with Crippen LogP contribution < -0.4 is 0 Å². The van der Waals surface area contributed by atoms with Crippen LogP contribution in [0.4, 0.5) is 0 Å². The molecule has 2 rings (SSSR count). The summed E-state index contributed by atoms with van der Waals surface area (Å²) >= 11 is 0. The zero-order chi connectivity index (χ0) is 11.4. The third-order valence-electron chi connectivity index (χ3n) is 3.64. The molecule has 2 fully saturated rings. The van der Waals surface area contributed by atoms with Crippen molar-refractivity contribution in [3.8, 4) is 0 Å². The number of hydrogen-bond acceptors (Lipinski definition) is 2. The first-order chi connectivity index (χ1) is 7.79. The Morgan fingerprint density at radius 3 is 2.50 bits per heavy atom. The summed E-state index contributed by atoms with van der Waals surface area (Å²) < 4.78 is 5.73. The van der Waals surface area contributed by atoms with Gasteiger partial charge < -0.3 is 9.64 Å². The van der Waals surface area contributed by atoms with Gasteiger partial charge in [-0.2, -0.15) is 0 Å². The molecule has 0 aromatic heterocycles. The van der Waals surface area contributed by atoms with E-state index >= 15 is 0 Å². The summed E-state index contributed by atoms with van der Waals surface area (Å²) in [6, 6.07) is 0. The zero-order valence-corrected chi connectivity index (χ0v) is 10.3. The Bertz CT molecular complexity index is 230. The average Bonchev–Trinajstić information content (AvgIpc) is 2.63. The topological polar surface area (TPSA) is 29.5 Å². The molecule has 0 aliphatic carbocycles. The molecule has 2 aliphatic heterocycles. The maximum absolute atomic E-state index is 12.0. The lowest BCUT2D eigenvalue weighted by molar-refractivity contribution is -0.139. The number of morpholine rings is 1. The summed E-state index contributed by atoms with van der Waals surface area (Å²) in [5, 5.41) is 0. The van der Waals surface area contributed by atoms with E-state index in [1.807, 2.05) is 4.90 Å². The summed E-state index contributed by atoms with van der Waals surface area (Å²) in [5.74, 6) is 0.344. The van der Waals surface area contributed by atoms with Crippen molar-refractivity contribution >= 4 is 5.91 Å². The fourth-order valence-electron chi connectivity index (χ4n) is 2.68. The quantitative estimate of drug-likeness (QED) is 0.672. The molecule has 2 atom stereocenters. The Hall–Kier alpha value is -0.570. The fourth-order valence-corrected chi connectivity index (χ4v) is 2.68. The number of ether oxygens (including phenoxy) is 1. The minimum atomic E-state index is 0.332. The number of rotatable bonds is 5. The van der Waals surface area contributed by atoms with Gasteiger partial charge in [0.2, 0.25) is 5.91 Å². The SMILES string of the molecule is CCCCCCC(=O)N1CC2CCC(C1)O2. The van der Waals surface area contributed by atoms with E-state index in [1.165, 1.54) is 19.3 Å². The Kier molecular flexibility index (Phi) is 4.22. The van der Waals surface area contributed by atoms with Crippen LogP contribution in [-0.4, -0.2) is 36.1 Å². The van der Waals surface area contributed by atoms with Crippen molar-refractivity contribution in [2.75, 3.05) is 13.1 Å². The van der Waals surface area contributed by atoms with Gasteiger partial charge in [0.1, 0.15) is 0 Å². The van der Waals surface area contributed by atoms with Crippen LogP contribution in [0.5, 0.6) is 0 Å². The first kappa shape index (κ1) is 11.9. The van der Waals surface area contributed by atoms with Crippen LogP contribution in [0.3, 0.4) is 0 Å². The number of carbonyl (C=O) groups is 1. The van der Waals surface area contributed by atoms with E-state index in [0.717, 1.165) is 38.8 Å². The Balaban J connectivity index is 1.69. The molecule has 0 saturated carbocycles. The van der Waals surface area contributed by atoms with Crippen LogP contribution in [0.25, 0.3) is 0 Å². The van der Waals surface area contributed by atoms with Gasteiger partial charge >= 0.3 is 0 Å². The van der Waals surface area contributed by atoms with Crippen molar-refractivity contribution in [1.29, 1.82) is 0 Å². The van der Waals surface area contributed by atoms with Crippen LogP contribution in [0.1, 0.15) is 51.9 Å². The first-order valence-electron chi connectivity index (χ1n) is 6.73. The van der Waals surface area contributed by atoms with Crippen molar-refractivity contribution in [2.24, 2.45) is 0 Å². The number of fused-ring (bicyclic) bond motifs is 2. The van der Waals surface area contributed by atoms with Gasteiger partial charge in [-0.05, 0) is 19.3 Å². The molecule has 16 heavy (non-hydrogen) atoms. The molecule has 1 amide bonds. The van der Waals surface area contributed by atoms with Crippen molar-refractivity contribution in [3.05, 3.63) is 0 Å². The van der Waals surface area contributed by atoms with Gasteiger partial charge in [0, 0.05) is 19.5 Å². The summed E-state index contributed by atoms with van der Waals surface area (Å²) in [6.45, 7) is 3.87. The predicted octanol–water partition coefficient (Wildman–Crippen LogP) is 2.35. The highest BCUT2D eigenvalue weighted by atomic mass is 16.5. The highest BCUT2D eigenvalue weighted by Crippen LogP contribution is 2.26. The van der Waals surface area contributed by atoms with Crippen LogP contribution >= 0.6 is 0 Å². The second-order valence-corrected chi connectivity index (χ2v) is 5.07. The Morgan fingerprint density at radius 1 is 1.19 bits per heavy atom.